The maximum Gasteiger partial charge on any atom is 0.250 e. The summed E-state index contributed by atoms with van der Waals surface area (Å²) >= 11 is 0. The average molecular weight is 265 g/mol. The lowest BCUT2D eigenvalue weighted by Gasteiger charge is -2.33. The second-order valence-corrected chi connectivity index (χ2v) is 4.97. The number of methoxy groups -OCH3 is 1. The molecule has 4 unspecified atom stereocenters. The van der Waals surface area contributed by atoms with Crippen LogP contribution in [0.5, 0.6) is 0 Å². The Morgan fingerprint density at radius 1 is 1.47 bits per heavy atom. The topological polar surface area (TPSA) is 64.3 Å². The molecule has 102 valence electrons. The number of hydrogen-bond donors (Lipinski definition) is 2. The molecule has 0 aromatic heterocycles. The fourth-order valence-electron chi connectivity index (χ4n) is 2.47. The molecule has 3 N–H and O–H groups in total. The quantitative estimate of drug-likeness (QED) is 0.805. The maximum atomic E-state index is 11.8. The molecule has 1 saturated carbocycles. The van der Waals surface area contributed by atoms with Gasteiger partial charge in [-0.05, 0) is 31.1 Å². The van der Waals surface area contributed by atoms with Gasteiger partial charge in [-0.15, -0.1) is 12.4 Å². The van der Waals surface area contributed by atoms with Crippen LogP contribution in [-0.4, -0.2) is 31.7 Å². The van der Waals surface area contributed by atoms with Crippen LogP contribution in [0.1, 0.15) is 33.1 Å². The van der Waals surface area contributed by atoms with Crippen molar-refractivity contribution in [2.24, 2.45) is 17.6 Å². The number of rotatable bonds is 4. The molecule has 5 heteroatoms. The van der Waals surface area contributed by atoms with Crippen LogP contribution in [0.3, 0.4) is 0 Å². The Balaban J connectivity index is 0.00000256. The van der Waals surface area contributed by atoms with E-state index in [2.05, 4.69) is 19.2 Å². The molecular formula is C12H25ClN2O2. The van der Waals surface area contributed by atoms with Crippen LogP contribution < -0.4 is 11.1 Å². The highest BCUT2D eigenvalue weighted by Crippen LogP contribution is 2.28. The molecular weight excluding hydrogens is 240 g/mol. The predicted molar refractivity (Wildman–Crippen MR) is 71.2 cm³/mol. The van der Waals surface area contributed by atoms with Crippen LogP contribution in [0.15, 0.2) is 0 Å². The van der Waals surface area contributed by atoms with E-state index >= 15 is 0 Å². The van der Waals surface area contributed by atoms with E-state index in [4.69, 9.17) is 10.5 Å². The number of amides is 1. The highest BCUT2D eigenvalue weighted by atomic mass is 35.5. The van der Waals surface area contributed by atoms with Crippen molar-refractivity contribution in [3.05, 3.63) is 0 Å². The molecule has 0 radical (unpaired) electrons. The van der Waals surface area contributed by atoms with Gasteiger partial charge < -0.3 is 15.8 Å². The van der Waals surface area contributed by atoms with Crippen molar-refractivity contribution in [2.75, 3.05) is 13.7 Å². The third kappa shape index (κ3) is 4.82. The number of ether oxygens (including phenoxy) is 1. The normalized spacial score (nSPS) is 30.2. The van der Waals surface area contributed by atoms with Gasteiger partial charge in [-0.25, -0.2) is 0 Å². The van der Waals surface area contributed by atoms with Crippen LogP contribution in [0, 0.1) is 11.8 Å². The molecule has 1 aliphatic carbocycles. The predicted octanol–water partition coefficient (Wildman–Crippen LogP) is 1.32. The maximum absolute atomic E-state index is 11.8. The highest BCUT2D eigenvalue weighted by molar-refractivity contribution is 5.85. The summed E-state index contributed by atoms with van der Waals surface area (Å²) in [6, 6.07) is 0.285. The van der Waals surface area contributed by atoms with E-state index in [0.29, 0.717) is 5.92 Å². The highest BCUT2D eigenvalue weighted by Gasteiger charge is 2.28. The fourth-order valence-corrected chi connectivity index (χ4v) is 2.47. The van der Waals surface area contributed by atoms with E-state index < -0.39 is 6.10 Å². The lowest BCUT2D eigenvalue weighted by atomic mass is 9.80. The monoisotopic (exact) mass is 264 g/mol. The zero-order valence-corrected chi connectivity index (χ0v) is 11.8. The molecule has 0 aromatic rings. The molecule has 17 heavy (non-hydrogen) atoms. The van der Waals surface area contributed by atoms with Gasteiger partial charge in [0.15, 0.2) is 0 Å². The largest absolute Gasteiger partial charge is 0.370 e. The second-order valence-electron chi connectivity index (χ2n) is 4.97. The van der Waals surface area contributed by atoms with Crippen molar-refractivity contribution < 1.29 is 9.53 Å². The molecule has 1 amide bonds. The Bertz CT molecular complexity index is 235. The molecule has 1 aliphatic rings. The van der Waals surface area contributed by atoms with Crippen molar-refractivity contribution in [1.82, 2.24) is 5.32 Å². The number of nitrogens with two attached hydrogens (primary N) is 1. The van der Waals surface area contributed by atoms with Crippen molar-refractivity contribution >= 4 is 18.3 Å². The number of nitrogens with one attached hydrogen (secondary N) is 1. The zero-order chi connectivity index (χ0) is 12.1. The summed E-state index contributed by atoms with van der Waals surface area (Å²) in [4.78, 5) is 11.8. The molecule has 4 nitrogen and oxygen atoms in total. The van der Waals surface area contributed by atoms with Gasteiger partial charge in [0, 0.05) is 19.7 Å². The first-order valence-corrected chi connectivity index (χ1v) is 6.11. The second kappa shape index (κ2) is 7.90. The van der Waals surface area contributed by atoms with Gasteiger partial charge in [0.25, 0.3) is 5.91 Å². The van der Waals surface area contributed by atoms with E-state index in [1.54, 1.807) is 0 Å². The first-order chi connectivity index (χ1) is 7.58. The summed E-state index contributed by atoms with van der Waals surface area (Å²) in [6.45, 7) is 4.71. The number of halogens is 1. The molecule has 0 aliphatic heterocycles. The van der Waals surface area contributed by atoms with Gasteiger partial charge in [-0.3, -0.25) is 4.79 Å². The van der Waals surface area contributed by atoms with Gasteiger partial charge in [0.05, 0.1) is 0 Å². The summed E-state index contributed by atoms with van der Waals surface area (Å²) in [5.74, 6) is 1.25. The first-order valence-electron chi connectivity index (χ1n) is 6.11. The molecule has 1 fully saturated rings. The van der Waals surface area contributed by atoms with Crippen molar-refractivity contribution in [1.29, 1.82) is 0 Å². The Morgan fingerprint density at radius 2 is 2.12 bits per heavy atom. The molecule has 4 atom stereocenters. The Hall–Kier alpha value is -0.320. The Labute approximate surface area is 110 Å². The van der Waals surface area contributed by atoms with Crippen molar-refractivity contribution in [3.63, 3.8) is 0 Å². The van der Waals surface area contributed by atoms with Crippen LogP contribution in [-0.2, 0) is 9.53 Å². The van der Waals surface area contributed by atoms with E-state index in [1.165, 1.54) is 20.0 Å². The number of carbonyl (C=O) groups excluding carboxylic acids is 1. The molecule has 0 saturated heterocycles. The minimum Gasteiger partial charge on any atom is -0.370 e. The molecule has 1 rings (SSSR count). The third-order valence-electron chi connectivity index (χ3n) is 3.55. The summed E-state index contributed by atoms with van der Waals surface area (Å²) < 4.78 is 5.02. The average Bonchev–Trinajstić information content (AvgIpc) is 2.24. The van der Waals surface area contributed by atoms with E-state index in [1.807, 2.05) is 0 Å². The molecule has 0 bridgehead atoms. The van der Waals surface area contributed by atoms with Gasteiger partial charge in [-0.2, -0.15) is 0 Å². The minimum atomic E-state index is -0.508. The fraction of sp³-hybridized carbons (Fsp3) is 0.917. The third-order valence-corrected chi connectivity index (χ3v) is 3.55. The SMILES string of the molecule is COC(CN)C(=O)NC1CCC(C)CC1C.Cl. The Kier molecular flexibility index (Phi) is 7.75. The number of carbonyl (C=O) groups is 1. The zero-order valence-electron chi connectivity index (χ0n) is 10.9. The molecule has 0 spiro atoms. The van der Waals surface area contributed by atoms with E-state index in [9.17, 15) is 4.79 Å². The van der Waals surface area contributed by atoms with E-state index in [0.717, 1.165) is 12.3 Å². The van der Waals surface area contributed by atoms with Crippen LogP contribution in [0.25, 0.3) is 0 Å². The standard InChI is InChI=1S/C12H24N2O2.ClH/c1-8-4-5-10(9(2)6-8)14-12(15)11(7-13)16-3;/h8-11H,4-7,13H2,1-3H3,(H,14,15);1H. The summed E-state index contributed by atoms with van der Waals surface area (Å²) in [7, 11) is 1.52. The van der Waals surface area contributed by atoms with Crippen LogP contribution >= 0.6 is 12.4 Å². The minimum absolute atomic E-state index is 0. The molecule has 0 heterocycles. The van der Waals surface area contributed by atoms with Gasteiger partial charge in [-0.1, -0.05) is 13.8 Å². The lowest BCUT2D eigenvalue weighted by molar-refractivity contribution is -0.131. The van der Waals surface area contributed by atoms with E-state index in [-0.39, 0.29) is 30.9 Å². The van der Waals surface area contributed by atoms with Crippen molar-refractivity contribution in [2.45, 2.75) is 45.3 Å². The Morgan fingerprint density at radius 3 is 2.59 bits per heavy atom. The van der Waals surface area contributed by atoms with Crippen molar-refractivity contribution in [3.8, 4) is 0 Å². The van der Waals surface area contributed by atoms with Gasteiger partial charge in [0.2, 0.25) is 0 Å². The smallest absolute Gasteiger partial charge is 0.250 e. The summed E-state index contributed by atoms with van der Waals surface area (Å²) in [5, 5.41) is 3.05. The van der Waals surface area contributed by atoms with Gasteiger partial charge >= 0.3 is 0 Å². The lowest BCUT2D eigenvalue weighted by Crippen LogP contribution is -2.48. The van der Waals surface area contributed by atoms with Gasteiger partial charge in [0.1, 0.15) is 6.10 Å². The van der Waals surface area contributed by atoms with Crippen LogP contribution in [0.2, 0.25) is 0 Å². The number of hydrogen-bond acceptors (Lipinski definition) is 3. The summed E-state index contributed by atoms with van der Waals surface area (Å²) in [6.07, 6.45) is 2.93. The first kappa shape index (κ1) is 16.7. The summed E-state index contributed by atoms with van der Waals surface area (Å²) in [5.41, 5.74) is 5.46. The molecule has 0 aromatic carbocycles. The van der Waals surface area contributed by atoms with Crippen LogP contribution in [0.4, 0.5) is 0 Å².